The molecular weight excluding hydrogens is 480 g/mol. The van der Waals surface area contributed by atoms with E-state index in [1.54, 1.807) is 20.0 Å². The first kappa shape index (κ1) is 27.7. The maximum absolute atomic E-state index is 13.2. The number of carboxylic acids is 1. The van der Waals surface area contributed by atoms with Crippen molar-refractivity contribution in [3.63, 3.8) is 0 Å². The first-order valence-corrected chi connectivity index (χ1v) is 12.2. The van der Waals surface area contributed by atoms with Gasteiger partial charge in [0.2, 0.25) is 23.6 Å². The first-order chi connectivity index (χ1) is 17.5. The van der Waals surface area contributed by atoms with Crippen LogP contribution in [0.4, 0.5) is 0 Å². The van der Waals surface area contributed by atoms with Crippen molar-refractivity contribution in [2.75, 3.05) is 6.54 Å². The number of nitrogens with zero attached hydrogens (tertiary/aromatic N) is 1. The topological polar surface area (TPSA) is 201 Å². The molecule has 37 heavy (non-hydrogen) atoms. The molecule has 1 aromatic heterocycles. The molecule has 2 heterocycles. The van der Waals surface area contributed by atoms with Gasteiger partial charge >= 0.3 is 5.97 Å². The normalized spacial score (nSPS) is 17.8. The van der Waals surface area contributed by atoms with E-state index >= 15 is 0 Å². The molecule has 4 atom stereocenters. The van der Waals surface area contributed by atoms with E-state index in [-0.39, 0.29) is 25.3 Å². The van der Waals surface area contributed by atoms with Crippen molar-refractivity contribution >= 4 is 40.5 Å². The average Bonchev–Trinajstić information content (AvgIpc) is 3.48. The Bertz CT molecular complexity index is 1180. The molecule has 1 aromatic carbocycles. The summed E-state index contributed by atoms with van der Waals surface area (Å²) in [6.07, 6.45) is 2.27. The second-order valence-electron chi connectivity index (χ2n) is 9.66. The number of carbonyl (C=O) groups excluding carboxylic acids is 4. The Labute approximate surface area is 214 Å². The number of aromatic nitrogens is 1. The molecule has 12 heteroatoms. The largest absolute Gasteiger partial charge is 0.480 e. The van der Waals surface area contributed by atoms with E-state index in [1.165, 1.54) is 0 Å². The molecule has 1 aliphatic rings. The third-order valence-electron chi connectivity index (χ3n) is 6.54. The lowest BCUT2D eigenvalue weighted by atomic mass is 10.0. The SMILES string of the molecule is CC(C)C(NC(=O)C(N)Cc1c[nH]c2ccccc12)C(=O)NC(CC(N)=O)C(=O)N1CCCC1C(=O)O. The molecule has 1 saturated heterocycles. The van der Waals surface area contributed by atoms with E-state index in [2.05, 4.69) is 15.6 Å². The summed E-state index contributed by atoms with van der Waals surface area (Å²) in [6, 6.07) is 3.20. The summed E-state index contributed by atoms with van der Waals surface area (Å²) >= 11 is 0. The molecule has 0 bridgehead atoms. The molecule has 1 fully saturated rings. The molecule has 1 aliphatic heterocycles. The highest BCUT2D eigenvalue weighted by Crippen LogP contribution is 2.20. The average molecular weight is 515 g/mol. The molecule has 200 valence electrons. The van der Waals surface area contributed by atoms with Crippen molar-refractivity contribution in [1.29, 1.82) is 0 Å². The number of nitrogens with two attached hydrogens (primary N) is 2. The van der Waals surface area contributed by atoms with Gasteiger partial charge in [0.05, 0.1) is 12.5 Å². The number of para-hydroxylation sites is 1. The van der Waals surface area contributed by atoms with Gasteiger partial charge in [0, 0.05) is 23.6 Å². The van der Waals surface area contributed by atoms with Crippen molar-refractivity contribution in [1.82, 2.24) is 20.5 Å². The number of amides is 4. The number of fused-ring (bicyclic) bond motifs is 1. The van der Waals surface area contributed by atoms with Gasteiger partial charge in [-0.05, 0) is 36.8 Å². The Morgan fingerprint density at radius 2 is 1.84 bits per heavy atom. The summed E-state index contributed by atoms with van der Waals surface area (Å²) < 4.78 is 0. The second kappa shape index (κ2) is 11.9. The van der Waals surface area contributed by atoms with Crippen LogP contribution < -0.4 is 22.1 Å². The van der Waals surface area contributed by atoms with Gasteiger partial charge in [0.15, 0.2) is 0 Å². The molecule has 12 nitrogen and oxygen atoms in total. The van der Waals surface area contributed by atoms with Crippen LogP contribution in [0.2, 0.25) is 0 Å². The van der Waals surface area contributed by atoms with Gasteiger partial charge in [-0.3, -0.25) is 19.2 Å². The number of rotatable bonds is 11. The van der Waals surface area contributed by atoms with Crippen molar-refractivity contribution in [3.8, 4) is 0 Å². The van der Waals surface area contributed by atoms with E-state index in [0.717, 1.165) is 21.4 Å². The number of hydrogen-bond donors (Lipinski definition) is 6. The Kier molecular flexibility index (Phi) is 8.87. The summed E-state index contributed by atoms with van der Waals surface area (Å²) in [5.41, 5.74) is 13.2. The number of carboxylic acid groups (broad SMARTS) is 1. The fourth-order valence-electron chi connectivity index (χ4n) is 4.58. The number of benzene rings is 1. The predicted octanol–water partition coefficient (Wildman–Crippen LogP) is -0.386. The minimum Gasteiger partial charge on any atom is -0.480 e. The van der Waals surface area contributed by atoms with Gasteiger partial charge in [-0.15, -0.1) is 0 Å². The van der Waals surface area contributed by atoms with Crippen LogP contribution in [0.1, 0.15) is 38.7 Å². The molecule has 0 saturated carbocycles. The fraction of sp³-hybridized carbons (Fsp3) is 0.480. The lowest BCUT2D eigenvalue weighted by molar-refractivity contribution is -0.149. The second-order valence-corrected chi connectivity index (χ2v) is 9.66. The van der Waals surface area contributed by atoms with E-state index in [0.29, 0.717) is 6.42 Å². The zero-order valence-corrected chi connectivity index (χ0v) is 20.9. The lowest BCUT2D eigenvalue weighted by Crippen LogP contribution is -2.59. The van der Waals surface area contributed by atoms with Crippen molar-refractivity contribution in [2.24, 2.45) is 17.4 Å². The molecule has 4 unspecified atom stereocenters. The number of H-pyrrole nitrogens is 1. The van der Waals surface area contributed by atoms with Crippen LogP contribution in [-0.4, -0.2) is 75.3 Å². The van der Waals surface area contributed by atoms with Crippen LogP contribution >= 0.6 is 0 Å². The van der Waals surface area contributed by atoms with Gasteiger partial charge in [-0.25, -0.2) is 4.79 Å². The highest BCUT2D eigenvalue weighted by Gasteiger charge is 2.39. The summed E-state index contributed by atoms with van der Waals surface area (Å²) in [5.74, 6) is -4.34. The van der Waals surface area contributed by atoms with Gasteiger partial charge < -0.3 is 37.1 Å². The van der Waals surface area contributed by atoms with E-state index in [4.69, 9.17) is 11.5 Å². The van der Waals surface area contributed by atoms with Crippen LogP contribution in [0, 0.1) is 5.92 Å². The Morgan fingerprint density at radius 1 is 1.14 bits per heavy atom. The quantitative estimate of drug-likeness (QED) is 0.234. The summed E-state index contributed by atoms with van der Waals surface area (Å²) in [5, 5.41) is 15.5. The van der Waals surface area contributed by atoms with Crippen molar-refractivity contribution in [3.05, 3.63) is 36.0 Å². The van der Waals surface area contributed by atoms with Gasteiger partial charge in [0.1, 0.15) is 18.1 Å². The van der Waals surface area contributed by atoms with Gasteiger partial charge in [-0.2, -0.15) is 0 Å². The molecular formula is C25H34N6O6. The van der Waals surface area contributed by atoms with Crippen LogP contribution in [0.5, 0.6) is 0 Å². The minimum atomic E-state index is -1.36. The fourth-order valence-corrected chi connectivity index (χ4v) is 4.58. The maximum Gasteiger partial charge on any atom is 0.326 e. The third kappa shape index (κ3) is 6.64. The predicted molar refractivity (Wildman–Crippen MR) is 135 cm³/mol. The monoisotopic (exact) mass is 514 g/mol. The molecule has 4 amide bonds. The van der Waals surface area contributed by atoms with E-state index < -0.39 is 60.2 Å². The number of aliphatic carboxylic acids is 1. The third-order valence-corrected chi connectivity index (χ3v) is 6.54. The van der Waals surface area contributed by atoms with Crippen LogP contribution in [-0.2, 0) is 30.4 Å². The maximum atomic E-state index is 13.2. The number of likely N-dealkylation sites (tertiary alicyclic amines) is 1. The summed E-state index contributed by atoms with van der Waals surface area (Å²) in [4.78, 5) is 66.5. The number of primary amides is 1. The van der Waals surface area contributed by atoms with Crippen molar-refractivity contribution < 1.29 is 29.1 Å². The smallest absolute Gasteiger partial charge is 0.326 e. The molecule has 0 aliphatic carbocycles. The Morgan fingerprint density at radius 3 is 2.49 bits per heavy atom. The number of carbonyl (C=O) groups is 5. The standard InChI is InChI=1S/C25H34N6O6/c1-13(2)21(30-22(33)16(26)10-14-12-28-17-7-4-3-6-15(14)17)23(34)29-18(11-20(27)32)24(35)31-9-5-8-19(31)25(36)37/h3-4,6-7,12-13,16,18-19,21,28H,5,8-11,26H2,1-2H3,(H2,27,32)(H,29,34)(H,30,33)(H,36,37). The first-order valence-electron chi connectivity index (χ1n) is 12.2. The van der Waals surface area contributed by atoms with Crippen LogP contribution in [0.15, 0.2) is 30.5 Å². The number of hydrogen-bond acceptors (Lipinski definition) is 6. The minimum absolute atomic E-state index is 0.188. The zero-order chi connectivity index (χ0) is 27.3. The number of aromatic amines is 1. The Balaban J connectivity index is 1.69. The Hall–Kier alpha value is -3.93. The molecule has 0 radical (unpaired) electrons. The van der Waals surface area contributed by atoms with Crippen LogP contribution in [0.3, 0.4) is 0 Å². The van der Waals surface area contributed by atoms with Crippen LogP contribution in [0.25, 0.3) is 10.9 Å². The zero-order valence-electron chi connectivity index (χ0n) is 20.9. The van der Waals surface area contributed by atoms with E-state index in [9.17, 15) is 29.1 Å². The summed E-state index contributed by atoms with van der Waals surface area (Å²) in [7, 11) is 0. The molecule has 8 N–H and O–H groups in total. The highest BCUT2D eigenvalue weighted by molar-refractivity contribution is 5.96. The molecule has 3 rings (SSSR count). The molecule has 0 spiro atoms. The highest BCUT2D eigenvalue weighted by atomic mass is 16.4. The molecule has 2 aromatic rings. The van der Waals surface area contributed by atoms with Crippen molar-refractivity contribution in [2.45, 2.75) is 63.7 Å². The summed E-state index contributed by atoms with van der Waals surface area (Å²) in [6.45, 7) is 3.61. The van der Waals surface area contributed by atoms with Gasteiger partial charge in [0.25, 0.3) is 0 Å². The number of nitrogens with one attached hydrogen (secondary N) is 3. The van der Waals surface area contributed by atoms with E-state index in [1.807, 2.05) is 24.3 Å². The lowest BCUT2D eigenvalue weighted by Gasteiger charge is -2.29. The van der Waals surface area contributed by atoms with Gasteiger partial charge in [-0.1, -0.05) is 32.0 Å².